The fourth-order valence-corrected chi connectivity index (χ4v) is 4.50. The van der Waals surface area contributed by atoms with Crippen LogP contribution in [-0.2, 0) is 11.3 Å². The van der Waals surface area contributed by atoms with Crippen molar-refractivity contribution in [2.24, 2.45) is 0 Å². The highest BCUT2D eigenvalue weighted by Gasteiger charge is 2.40. The predicted octanol–water partition coefficient (Wildman–Crippen LogP) is 4.11. The Morgan fingerprint density at radius 3 is 2.55 bits per heavy atom. The van der Waals surface area contributed by atoms with Crippen LogP contribution in [0, 0.1) is 5.82 Å². The van der Waals surface area contributed by atoms with Crippen molar-refractivity contribution >= 4 is 17.5 Å². The Balaban J connectivity index is 1.38. The molecule has 0 aromatic heterocycles. The fraction of sp³-hybridized carbons (Fsp3) is 0.409. The number of phenols is 1. The van der Waals surface area contributed by atoms with E-state index in [1.54, 1.807) is 35.2 Å². The molecule has 0 saturated carbocycles. The highest BCUT2D eigenvalue weighted by atomic mass is 35.5. The number of piperidine rings is 1. The number of aromatic hydroxyl groups is 1. The lowest BCUT2D eigenvalue weighted by Crippen LogP contribution is -2.49. The molecule has 1 amide bonds. The van der Waals surface area contributed by atoms with Crippen molar-refractivity contribution in [3.05, 3.63) is 64.4 Å². The van der Waals surface area contributed by atoms with Gasteiger partial charge in [-0.15, -0.1) is 0 Å². The first-order valence-corrected chi connectivity index (χ1v) is 10.2. The highest BCUT2D eigenvalue weighted by Crippen LogP contribution is 2.33. The van der Waals surface area contributed by atoms with Gasteiger partial charge in [0.25, 0.3) is 0 Å². The van der Waals surface area contributed by atoms with Gasteiger partial charge in [0.15, 0.2) is 0 Å². The van der Waals surface area contributed by atoms with E-state index in [0.29, 0.717) is 38.0 Å². The Kier molecular flexibility index (Phi) is 5.74. The van der Waals surface area contributed by atoms with E-state index in [1.807, 2.05) is 4.90 Å². The van der Waals surface area contributed by atoms with Gasteiger partial charge < -0.3 is 10.0 Å². The van der Waals surface area contributed by atoms with Crippen LogP contribution in [0.25, 0.3) is 0 Å². The van der Waals surface area contributed by atoms with Crippen molar-refractivity contribution in [1.82, 2.24) is 9.80 Å². The highest BCUT2D eigenvalue weighted by molar-refractivity contribution is 6.30. The molecule has 2 fully saturated rings. The number of carbonyl (C=O) groups is 1. The van der Waals surface area contributed by atoms with E-state index in [-0.39, 0.29) is 35.2 Å². The zero-order chi connectivity index (χ0) is 20.5. The van der Waals surface area contributed by atoms with E-state index >= 15 is 0 Å². The summed E-state index contributed by atoms with van der Waals surface area (Å²) in [5, 5.41) is 9.48. The Morgan fingerprint density at radius 1 is 1.10 bits per heavy atom. The smallest absolute Gasteiger partial charge is 0.240 e. The average molecular weight is 421 g/mol. The summed E-state index contributed by atoms with van der Waals surface area (Å²) in [6.07, 6.45) is 0.199. The second kappa shape index (κ2) is 8.28. The molecule has 0 bridgehead atoms. The van der Waals surface area contributed by atoms with Crippen molar-refractivity contribution in [3.63, 3.8) is 0 Å². The lowest BCUT2D eigenvalue weighted by molar-refractivity contribution is -0.133. The van der Waals surface area contributed by atoms with Crippen LogP contribution in [0.2, 0.25) is 5.02 Å². The van der Waals surface area contributed by atoms with Gasteiger partial charge in [0.05, 0.1) is 11.1 Å². The summed E-state index contributed by atoms with van der Waals surface area (Å²) >= 11 is 5.72. The van der Waals surface area contributed by atoms with E-state index < -0.39 is 12.0 Å². The summed E-state index contributed by atoms with van der Waals surface area (Å²) in [6.45, 7) is 1.76. The molecule has 154 valence electrons. The lowest BCUT2D eigenvalue weighted by atomic mass is 9.87. The molecule has 7 heteroatoms. The van der Waals surface area contributed by atoms with Gasteiger partial charge in [0.2, 0.25) is 5.91 Å². The SMILES string of the molecule is O=C1C(N2CCC(c3ccc(O)cc3)C(F)C2)CCN1Cc1ccc(Cl)c(F)c1. The molecule has 0 aliphatic carbocycles. The summed E-state index contributed by atoms with van der Waals surface area (Å²) in [4.78, 5) is 16.5. The summed E-state index contributed by atoms with van der Waals surface area (Å²) < 4.78 is 28.6. The van der Waals surface area contributed by atoms with Crippen molar-refractivity contribution in [2.75, 3.05) is 19.6 Å². The average Bonchev–Trinajstić information content (AvgIpc) is 3.06. The molecule has 2 aromatic rings. The third kappa shape index (κ3) is 4.23. The van der Waals surface area contributed by atoms with Crippen molar-refractivity contribution < 1.29 is 18.7 Å². The van der Waals surface area contributed by atoms with Crippen LogP contribution in [0.15, 0.2) is 42.5 Å². The van der Waals surface area contributed by atoms with E-state index in [2.05, 4.69) is 0 Å². The van der Waals surface area contributed by atoms with Crippen LogP contribution >= 0.6 is 11.6 Å². The van der Waals surface area contributed by atoms with Gasteiger partial charge in [-0.3, -0.25) is 9.69 Å². The summed E-state index contributed by atoms with van der Waals surface area (Å²) in [6, 6.07) is 10.9. The van der Waals surface area contributed by atoms with Gasteiger partial charge in [0, 0.05) is 25.6 Å². The maximum absolute atomic E-state index is 14.9. The summed E-state index contributed by atoms with van der Waals surface area (Å²) in [5.41, 5.74) is 1.56. The van der Waals surface area contributed by atoms with Crippen LogP contribution in [-0.4, -0.2) is 52.7 Å². The van der Waals surface area contributed by atoms with Gasteiger partial charge >= 0.3 is 0 Å². The van der Waals surface area contributed by atoms with E-state index in [4.69, 9.17) is 11.6 Å². The third-order valence-electron chi connectivity index (χ3n) is 5.96. The number of benzene rings is 2. The molecule has 0 radical (unpaired) electrons. The molecular formula is C22H23ClF2N2O2. The molecule has 2 heterocycles. The van der Waals surface area contributed by atoms with Gasteiger partial charge in [-0.2, -0.15) is 0 Å². The second-order valence-corrected chi connectivity index (χ2v) is 8.22. The van der Waals surface area contributed by atoms with Crippen LogP contribution in [0.4, 0.5) is 8.78 Å². The van der Waals surface area contributed by atoms with Gasteiger partial charge in [0.1, 0.15) is 17.7 Å². The molecule has 3 unspecified atom stereocenters. The third-order valence-corrected chi connectivity index (χ3v) is 6.27. The molecule has 2 aliphatic rings. The number of amides is 1. The molecule has 3 atom stereocenters. The first kappa shape index (κ1) is 20.1. The molecule has 2 aromatic carbocycles. The fourth-order valence-electron chi connectivity index (χ4n) is 4.39. The van der Waals surface area contributed by atoms with E-state index in [1.165, 1.54) is 12.1 Å². The lowest BCUT2D eigenvalue weighted by Gasteiger charge is -2.37. The first-order valence-electron chi connectivity index (χ1n) is 9.82. The molecule has 2 aliphatic heterocycles. The van der Waals surface area contributed by atoms with Crippen molar-refractivity contribution in [2.45, 2.75) is 37.5 Å². The maximum atomic E-state index is 14.9. The van der Waals surface area contributed by atoms with Crippen LogP contribution in [0.5, 0.6) is 5.75 Å². The van der Waals surface area contributed by atoms with Gasteiger partial charge in [-0.1, -0.05) is 29.8 Å². The number of carbonyl (C=O) groups excluding carboxylic acids is 1. The number of halogens is 3. The zero-order valence-electron chi connectivity index (χ0n) is 15.9. The topological polar surface area (TPSA) is 43.8 Å². The number of rotatable bonds is 4. The number of nitrogens with zero attached hydrogens (tertiary/aromatic N) is 2. The van der Waals surface area contributed by atoms with E-state index in [0.717, 1.165) is 5.56 Å². The molecule has 2 saturated heterocycles. The number of phenolic OH excluding ortho intramolecular Hbond substituents is 1. The molecule has 4 nitrogen and oxygen atoms in total. The second-order valence-electron chi connectivity index (χ2n) is 7.81. The maximum Gasteiger partial charge on any atom is 0.240 e. The van der Waals surface area contributed by atoms with Crippen LogP contribution in [0.3, 0.4) is 0 Å². The van der Waals surface area contributed by atoms with Gasteiger partial charge in [-0.05, 0) is 54.8 Å². The molecular weight excluding hydrogens is 398 g/mol. The molecule has 1 N–H and O–H groups in total. The Labute approximate surface area is 173 Å². The Morgan fingerprint density at radius 2 is 1.86 bits per heavy atom. The predicted molar refractivity (Wildman–Crippen MR) is 107 cm³/mol. The Bertz CT molecular complexity index is 893. The minimum absolute atomic E-state index is 0.0318. The summed E-state index contributed by atoms with van der Waals surface area (Å²) in [5.74, 6) is -0.588. The minimum atomic E-state index is -1.07. The minimum Gasteiger partial charge on any atom is -0.508 e. The number of likely N-dealkylation sites (tertiary alicyclic amines) is 2. The monoisotopic (exact) mass is 420 g/mol. The quantitative estimate of drug-likeness (QED) is 0.809. The zero-order valence-corrected chi connectivity index (χ0v) is 16.7. The van der Waals surface area contributed by atoms with Gasteiger partial charge in [-0.25, -0.2) is 8.78 Å². The van der Waals surface area contributed by atoms with Crippen LogP contribution < -0.4 is 0 Å². The van der Waals surface area contributed by atoms with Crippen LogP contribution in [0.1, 0.15) is 29.9 Å². The van der Waals surface area contributed by atoms with E-state index in [9.17, 15) is 18.7 Å². The molecule has 29 heavy (non-hydrogen) atoms. The normalized spacial score (nSPS) is 25.6. The molecule has 0 spiro atoms. The first-order chi connectivity index (χ1) is 13.9. The van der Waals surface area contributed by atoms with Crippen molar-refractivity contribution in [3.8, 4) is 5.75 Å². The number of alkyl halides is 1. The summed E-state index contributed by atoms with van der Waals surface area (Å²) in [7, 11) is 0. The molecule has 4 rings (SSSR count). The number of hydrogen-bond acceptors (Lipinski definition) is 3. The number of hydrogen-bond donors (Lipinski definition) is 1. The largest absolute Gasteiger partial charge is 0.508 e. The standard InChI is InChI=1S/C22H23ClF2N2O2/c23-18-6-1-14(11-19(18)24)12-27-10-8-21(22(27)29)26-9-7-17(20(25)13-26)15-2-4-16(28)5-3-15/h1-6,11,17,20-21,28H,7-10,12-13H2. The van der Waals surface area contributed by atoms with Crippen molar-refractivity contribution in [1.29, 1.82) is 0 Å². The Hall–Kier alpha value is -2.18.